The first-order valence-electron chi connectivity index (χ1n) is 15.2. The summed E-state index contributed by atoms with van der Waals surface area (Å²) in [5.74, 6) is -0.124. The molecule has 7 atom stereocenters. The standard InChI is InChI=1S/C34H49NO4/c1-10-35-28(39)21-18-31(7)24(30(5,6)27(21)38)11-12-32(8)25(31)17-23(37)26-22-19-29(3,4)13-15-34(22,20(2)36)16-14-33(26,32)9/h17-18,22,24,26H,10-16,19H2,1-9H3,(H,35,39)/t22-,24-,26-,31-,32+,33+,34+/m0/s1. The van der Waals surface area contributed by atoms with Gasteiger partial charge in [-0.15, -0.1) is 0 Å². The van der Waals surface area contributed by atoms with E-state index in [0.717, 1.165) is 50.5 Å². The fraction of sp³-hybridized carbons (Fsp3) is 0.765. The Balaban J connectivity index is 1.70. The fourth-order valence-electron chi connectivity index (χ4n) is 10.6. The van der Waals surface area contributed by atoms with Gasteiger partial charge in [-0.2, -0.15) is 0 Å². The van der Waals surface area contributed by atoms with Crippen molar-refractivity contribution in [3.8, 4) is 0 Å². The zero-order valence-electron chi connectivity index (χ0n) is 25.7. The molecule has 5 rings (SSSR count). The molecule has 39 heavy (non-hydrogen) atoms. The lowest BCUT2D eigenvalue weighted by molar-refractivity contribution is -0.176. The molecule has 1 N–H and O–H groups in total. The predicted octanol–water partition coefficient (Wildman–Crippen LogP) is 6.41. The second-order valence-corrected chi connectivity index (χ2v) is 15.7. The Kier molecular flexibility index (Phi) is 6.20. The summed E-state index contributed by atoms with van der Waals surface area (Å²) in [6, 6.07) is 0. The highest BCUT2D eigenvalue weighted by atomic mass is 16.2. The maximum atomic E-state index is 14.5. The van der Waals surface area contributed by atoms with Gasteiger partial charge in [-0.3, -0.25) is 19.2 Å². The third-order valence-electron chi connectivity index (χ3n) is 13.0. The zero-order chi connectivity index (χ0) is 29.0. The first-order valence-corrected chi connectivity index (χ1v) is 15.2. The summed E-state index contributed by atoms with van der Waals surface area (Å²) in [5, 5.41) is 2.85. The van der Waals surface area contributed by atoms with E-state index in [9.17, 15) is 19.2 Å². The second kappa shape index (κ2) is 8.49. The summed E-state index contributed by atoms with van der Waals surface area (Å²) in [6.45, 7) is 19.5. The average molecular weight is 536 g/mol. The van der Waals surface area contributed by atoms with Crippen molar-refractivity contribution in [3.05, 3.63) is 23.3 Å². The Hall–Kier alpha value is -2.04. The normalized spacial score (nSPS) is 44.1. The van der Waals surface area contributed by atoms with Crippen molar-refractivity contribution in [2.45, 2.75) is 107 Å². The van der Waals surface area contributed by atoms with Crippen LogP contribution in [0, 0.1) is 50.2 Å². The van der Waals surface area contributed by atoms with Gasteiger partial charge in [0.2, 0.25) is 0 Å². The Bertz CT molecular complexity index is 1220. The molecule has 5 heteroatoms. The minimum absolute atomic E-state index is 0.0106. The van der Waals surface area contributed by atoms with Crippen molar-refractivity contribution < 1.29 is 19.2 Å². The summed E-state index contributed by atoms with van der Waals surface area (Å²) in [4.78, 5) is 54.5. The number of Topliss-reactive ketones (excluding diaryl/α,β-unsaturated/α-hetero) is 2. The van der Waals surface area contributed by atoms with Crippen molar-refractivity contribution in [3.63, 3.8) is 0 Å². The fourth-order valence-corrected chi connectivity index (χ4v) is 10.6. The highest BCUT2D eigenvalue weighted by Crippen LogP contribution is 2.74. The van der Waals surface area contributed by atoms with E-state index in [1.54, 1.807) is 6.92 Å². The molecule has 0 spiro atoms. The first-order chi connectivity index (χ1) is 17.9. The highest BCUT2D eigenvalue weighted by Gasteiger charge is 2.70. The highest BCUT2D eigenvalue weighted by molar-refractivity contribution is 6.22. The first kappa shape index (κ1) is 28.5. The van der Waals surface area contributed by atoms with E-state index in [1.807, 2.05) is 32.9 Å². The maximum absolute atomic E-state index is 14.5. The number of allylic oxidation sites excluding steroid dienone is 3. The lowest BCUT2D eigenvalue weighted by atomic mass is 9.34. The van der Waals surface area contributed by atoms with Crippen LogP contribution in [0.4, 0.5) is 0 Å². The lowest BCUT2D eigenvalue weighted by Gasteiger charge is -2.69. The summed E-state index contributed by atoms with van der Waals surface area (Å²) < 4.78 is 0. The quantitative estimate of drug-likeness (QED) is 0.424. The second-order valence-electron chi connectivity index (χ2n) is 15.7. The number of hydrogen-bond donors (Lipinski definition) is 1. The van der Waals surface area contributed by atoms with Crippen LogP contribution in [-0.2, 0) is 19.2 Å². The van der Waals surface area contributed by atoms with Crippen LogP contribution in [0.2, 0.25) is 0 Å². The van der Waals surface area contributed by atoms with Gasteiger partial charge < -0.3 is 5.32 Å². The molecule has 0 heterocycles. The molecule has 3 fully saturated rings. The van der Waals surface area contributed by atoms with Gasteiger partial charge in [0.05, 0.1) is 5.57 Å². The van der Waals surface area contributed by atoms with E-state index in [4.69, 9.17) is 0 Å². The number of carbonyl (C=O) groups is 4. The molecule has 0 aromatic rings. The van der Waals surface area contributed by atoms with Crippen LogP contribution in [0.1, 0.15) is 107 Å². The summed E-state index contributed by atoms with van der Waals surface area (Å²) in [5.41, 5.74) is -0.796. The van der Waals surface area contributed by atoms with Gasteiger partial charge in [-0.1, -0.05) is 60.1 Å². The van der Waals surface area contributed by atoms with Crippen LogP contribution in [-0.4, -0.2) is 29.8 Å². The van der Waals surface area contributed by atoms with E-state index in [0.29, 0.717) is 6.54 Å². The molecule has 0 aromatic heterocycles. The molecule has 5 aliphatic carbocycles. The van der Waals surface area contributed by atoms with Crippen molar-refractivity contribution in [2.75, 3.05) is 6.54 Å². The minimum Gasteiger partial charge on any atom is -0.352 e. The molecule has 0 unspecified atom stereocenters. The third-order valence-corrected chi connectivity index (χ3v) is 13.0. The molecule has 0 aromatic carbocycles. The third kappa shape index (κ3) is 3.56. The molecule has 0 bridgehead atoms. The number of nitrogens with one attached hydrogen (secondary N) is 1. The van der Waals surface area contributed by atoms with Crippen molar-refractivity contribution in [1.29, 1.82) is 0 Å². The van der Waals surface area contributed by atoms with Crippen molar-refractivity contribution in [1.82, 2.24) is 5.32 Å². The van der Waals surface area contributed by atoms with E-state index in [1.165, 1.54) is 0 Å². The Labute approximate surface area is 235 Å². The molecule has 214 valence electrons. The number of likely N-dealkylation sites (N-methyl/N-ethyl adjacent to an activating group) is 1. The van der Waals surface area contributed by atoms with Crippen LogP contribution in [0.5, 0.6) is 0 Å². The maximum Gasteiger partial charge on any atom is 0.254 e. The Morgan fingerprint density at radius 2 is 1.59 bits per heavy atom. The van der Waals surface area contributed by atoms with E-state index >= 15 is 0 Å². The topological polar surface area (TPSA) is 80.3 Å². The van der Waals surface area contributed by atoms with Gasteiger partial charge >= 0.3 is 0 Å². The Morgan fingerprint density at radius 3 is 2.21 bits per heavy atom. The minimum atomic E-state index is -0.712. The monoisotopic (exact) mass is 535 g/mol. The van der Waals surface area contributed by atoms with Crippen molar-refractivity contribution >= 4 is 23.3 Å². The summed E-state index contributed by atoms with van der Waals surface area (Å²) in [7, 11) is 0. The molecule has 5 aliphatic rings. The SMILES string of the molecule is CCNC(=O)C1=C[C@]2(C)C3=CC(=O)[C@@H]4[C@@H]5CC(C)(C)CC[C@]5(C(C)=O)CC[C@@]4(C)[C@]3(C)CC[C@H]2C(C)(C)C1=O. The number of carbonyl (C=O) groups excluding carboxylic acids is 4. The van der Waals surface area contributed by atoms with Gasteiger partial charge in [-0.25, -0.2) is 0 Å². The van der Waals surface area contributed by atoms with E-state index in [-0.39, 0.29) is 62.8 Å². The van der Waals surface area contributed by atoms with Gasteiger partial charge in [0, 0.05) is 28.7 Å². The Morgan fingerprint density at radius 1 is 0.949 bits per heavy atom. The molecule has 0 aliphatic heterocycles. The van der Waals surface area contributed by atoms with Gasteiger partial charge in [-0.05, 0) is 93.0 Å². The smallest absolute Gasteiger partial charge is 0.254 e. The number of ketones is 3. The number of rotatable bonds is 3. The molecular weight excluding hydrogens is 486 g/mol. The van der Waals surface area contributed by atoms with E-state index < -0.39 is 16.2 Å². The molecule has 1 amide bonds. The number of hydrogen-bond acceptors (Lipinski definition) is 4. The van der Waals surface area contributed by atoms with Gasteiger partial charge in [0.1, 0.15) is 5.78 Å². The molecule has 0 saturated heterocycles. The van der Waals surface area contributed by atoms with Crippen LogP contribution in [0.3, 0.4) is 0 Å². The molecule has 5 nitrogen and oxygen atoms in total. The van der Waals surface area contributed by atoms with Crippen LogP contribution in [0.15, 0.2) is 23.3 Å². The number of fused-ring (bicyclic) bond motifs is 7. The predicted molar refractivity (Wildman–Crippen MR) is 153 cm³/mol. The van der Waals surface area contributed by atoms with Gasteiger partial charge in [0.15, 0.2) is 11.6 Å². The van der Waals surface area contributed by atoms with Crippen LogP contribution in [0.25, 0.3) is 0 Å². The average Bonchev–Trinajstić information content (AvgIpc) is 2.82. The molecular formula is C34H49NO4. The largest absolute Gasteiger partial charge is 0.352 e. The number of amides is 1. The molecule has 0 radical (unpaired) electrons. The zero-order valence-corrected chi connectivity index (χ0v) is 25.7. The van der Waals surface area contributed by atoms with Crippen LogP contribution >= 0.6 is 0 Å². The van der Waals surface area contributed by atoms with Gasteiger partial charge in [0.25, 0.3) is 5.91 Å². The van der Waals surface area contributed by atoms with Crippen LogP contribution < -0.4 is 5.32 Å². The lowest BCUT2D eigenvalue weighted by Crippen LogP contribution is -2.65. The molecule has 3 saturated carbocycles. The summed E-state index contributed by atoms with van der Waals surface area (Å²) >= 11 is 0. The summed E-state index contributed by atoms with van der Waals surface area (Å²) in [6.07, 6.45) is 10.1. The van der Waals surface area contributed by atoms with Crippen molar-refractivity contribution in [2.24, 2.45) is 50.2 Å². The van der Waals surface area contributed by atoms with E-state index in [2.05, 4.69) is 39.9 Å².